The van der Waals surface area contributed by atoms with E-state index >= 15 is 0 Å². The number of benzene rings is 1. The van der Waals surface area contributed by atoms with Crippen molar-refractivity contribution in [2.75, 3.05) is 17.6 Å². The zero-order valence-electron chi connectivity index (χ0n) is 8.75. The fraction of sp³-hybridized carbons (Fsp3) is 0.455. The predicted octanol–water partition coefficient (Wildman–Crippen LogP) is 1.76. The predicted molar refractivity (Wildman–Crippen MR) is 60.4 cm³/mol. The third-order valence-electron chi connectivity index (χ3n) is 2.21. The van der Waals surface area contributed by atoms with Gasteiger partial charge in [0.25, 0.3) is 0 Å². The van der Waals surface area contributed by atoms with Crippen molar-refractivity contribution in [2.45, 2.75) is 26.4 Å². The summed E-state index contributed by atoms with van der Waals surface area (Å²) in [5, 5.41) is 12.5. The molecule has 1 aromatic carbocycles. The minimum absolute atomic E-state index is 0.310. The molecule has 0 spiro atoms. The first kappa shape index (κ1) is 10.9. The fourth-order valence-corrected chi connectivity index (χ4v) is 1.20. The summed E-state index contributed by atoms with van der Waals surface area (Å²) in [4.78, 5) is 0. The monoisotopic (exact) mass is 194 g/mol. The molecule has 14 heavy (non-hydrogen) atoms. The summed E-state index contributed by atoms with van der Waals surface area (Å²) < 4.78 is 0. The highest BCUT2D eigenvalue weighted by atomic mass is 16.3. The van der Waals surface area contributed by atoms with Gasteiger partial charge in [0.05, 0.1) is 17.5 Å². The number of anilines is 2. The number of hydrogen-bond donors (Lipinski definition) is 3. The van der Waals surface area contributed by atoms with Crippen molar-refractivity contribution in [1.82, 2.24) is 0 Å². The summed E-state index contributed by atoms with van der Waals surface area (Å²) in [7, 11) is 0. The van der Waals surface area contributed by atoms with Crippen LogP contribution in [0.1, 0.15) is 18.9 Å². The molecular formula is C11H18N2O. The van der Waals surface area contributed by atoms with E-state index in [1.165, 1.54) is 0 Å². The fourth-order valence-electron chi connectivity index (χ4n) is 1.20. The van der Waals surface area contributed by atoms with Crippen LogP contribution in [-0.2, 0) is 0 Å². The third-order valence-corrected chi connectivity index (χ3v) is 2.21. The van der Waals surface area contributed by atoms with Crippen LogP contribution in [0.4, 0.5) is 11.4 Å². The summed E-state index contributed by atoms with van der Waals surface area (Å²) in [6, 6.07) is 5.82. The zero-order valence-corrected chi connectivity index (χ0v) is 8.75. The first-order chi connectivity index (χ1) is 6.63. The van der Waals surface area contributed by atoms with Gasteiger partial charge in [-0.2, -0.15) is 0 Å². The second kappa shape index (κ2) is 4.86. The lowest BCUT2D eigenvalue weighted by Crippen LogP contribution is -2.18. The Morgan fingerprint density at radius 2 is 2.21 bits per heavy atom. The van der Waals surface area contributed by atoms with Crippen LogP contribution in [0.25, 0.3) is 0 Å². The van der Waals surface area contributed by atoms with Crippen molar-refractivity contribution in [3.8, 4) is 0 Å². The number of nitrogens with two attached hydrogens (primary N) is 1. The average molecular weight is 194 g/mol. The second-order valence-electron chi connectivity index (χ2n) is 3.53. The molecule has 1 atom stereocenters. The molecule has 3 heteroatoms. The van der Waals surface area contributed by atoms with Crippen LogP contribution in [0.2, 0.25) is 0 Å². The Morgan fingerprint density at radius 1 is 1.50 bits per heavy atom. The lowest BCUT2D eigenvalue weighted by Gasteiger charge is -2.13. The molecule has 3 nitrogen and oxygen atoms in total. The number of aliphatic hydroxyl groups excluding tert-OH is 1. The molecular weight excluding hydrogens is 176 g/mol. The Morgan fingerprint density at radius 3 is 2.86 bits per heavy atom. The Labute approximate surface area is 84.9 Å². The molecule has 0 bridgehead atoms. The van der Waals surface area contributed by atoms with E-state index < -0.39 is 0 Å². The van der Waals surface area contributed by atoms with E-state index in [1.54, 1.807) is 0 Å². The van der Waals surface area contributed by atoms with E-state index in [4.69, 9.17) is 5.73 Å². The molecule has 0 aliphatic heterocycles. The zero-order chi connectivity index (χ0) is 10.6. The molecule has 0 amide bonds. The minimum atomic E-state index is -0.310. The molecule has 1 aromatic rings. The van der Waals surface area contributed by atoms with Crippen molar-refractivity contribution in [3.05, 3.63) is 23.8 Å². The van der Waals surface area contributed by atoms with Gasteiger partial charge in [0.2, 0.25) is 0 Å². The highest BCUT2D eigenvalue weighted by Crippen LogP contribution is 2.19. The summed E-state index contributed by atoms with van der Waals surface area (Å²) >= 11 is 0. The maximum Gasteiger partial charge on any atom is 0.0709 e. The van der Waals surface area contributed by atoms with Gasteiger partial charge in [0, 0.05) is 6.54 Å². The van der Waals surface area contributed by atoms with Crippen LogP contribution in [0, 0.1) is 6.92 Å². The number of hydrogen-bond acceptors (Lipinski definition) is 3. The summed E-state index contributed by atoms with van der Waals surface area (Å²) in [6.45, 7) is 4.51. The lowest BCUT2D eigenvalue weighted by atomic mass is 10.2. The molecule has 0 aromatic heterocycles. The molecule has 0 fully saturated rings. The van der Waals surface area contributed by atoms with E-state index in [0.29, 0.717) is 6.54 Å². The Balaban J connectivity index is 2.62. The Kier molecular flexibility index (Phi) is 3.77. The Bertz CT molecular complexity index is 299. The number of aryl methyl sites for hydroxylation is 1. The molecule has 1 rings (SSSR count). The van der Waals surface area contributed by atoms with Crippen molar-refractivity contribution >= 4 is 11.4 Å². The average Bonchev–Trinajstić information content (AvgIpc) is 2.19. The maximum atomic E-state index is 9.38. The van der Waals surface area contributed by atoms with Gasteiger partial charge in [-0.05, 0) is 31.0 Å². The van der Waals surface area contributed by atoms with E-state index in [2.05, 4.69) is 5.32 Å². The third kappa shape index (κ3) is 2.92. The first-order valence-electron chi connectivity index (χ1n) is 4.91. The largest absolute Gasteiger partial charge is 0.397 e. The standard InChI is InChI=1S/C11H18N2O/c1-3-9(14)7-13-11-6-8(2)4-5-10(11)12/h4-6,9,13-14H,3,7,12H2,1-2H3. The Hall–Kier alpha value is -1.22. The number of aliphatic hydroxyl groups is 1. The minimum Gasteiger partial charge on any atom is -0.397 e. The van der Waals surface area contributed by atoms with E-state index in [0.717, 1.165) is 23.4 Å². The van der Waals surface area contributed by atoms with Crippen LogP contribution in [0.15, 0.2) is 18.2 Å². The molecule has 78 valence electrons. The van der Waals surface area contributed by atoms with Gasteiger partial charge in [-0.25, -0.2) is 0 Å². The number of nitrogens with one attached hydrogen (secondary N) is 1. The second-order valence-corrected chi connectivity index (χ2v) is 3.53. The van der Waals surface area contributed by atoms with Crippen LogP contribution in [-0.4, -0.2) is 17.8 Å². The van der Waals surface area contributed by atoms with Crippen LogP contribution < -0.4 is 11.1 Å². The van der Waals surface area contributed by atoms with Crippen LogP contribution >= 0.6 is 0 Å². The van der Waals surface area contributed by atoms with E-state index in [9.17, 15) is 5.11 Å². The number of rotatable bonds is 4. The molecule has 0 aliphatic rings. The van der Waals surface area contributed by atoms with Gasteiger partial charge in [0.1, 0.15) is 0 Å². The molecule has 0 heterocycles. The van der Waals surface area contributed by atoms with Crippen molar-refractivity contribution in [3.63, 3.8) is 0 Å². The molecule has 0 aliphatic carbocycles. The highest BCUT2D eigenvalue weighted by molar-refractivity contribution is 5.66. The first-order valence-corrected chi connectivity index (χ1v) is 4.91. The van der Waals surface area contributed by atoms with E-state index in [-0.39, 0.29) is 6.10 Å². The van der Waals surface area contributed by atoms with Gasteiger partial charge in [-0.1, -0.05) is 13.0 Å². The lowest BCUT2D eigenvalue weighted by molar-refractivity contribution is 0.183. The van der Waals surface area contributed by atoms with Gasteiger partial charge in [-0.15, -0.1) is 0 Å². The summed E-state index contributed by atoms with van der Waals surface area (Å²) in [5.74, 6) is 0. The topological polar surface area (TPSA) is 58.3 Å². The smallest absolute Gasteiger partial charge is 0.0709 e. The highest BCUT2D eigenvalue weighted by Gasteiger charge is 2.02. The van der Waals surface area contributed by atoms with Crippen molar-refractivity contribution in [1.29, 1.82) is 0 Å². The van der Waals surface area contributed by atoms with Crippen molar-refractivity contribution in [2.24, 2.45) is 0 Å². The number of nitrogen functional groups attached to an aromatic ring is 1. The van der Waals surface area contributed by atoms with Gasteiger partial charge >= 0.3 is 0 Å². The van der Waals surface area contributed by atoms with Gasteiger partial charge in [-0.3, -0.25) is 0 Å². The normalized spacial score (nSPS) is 12.5. The molecule has 0 saturated heterocycles. The van der Waals surface area contributed by atoms with E-state index in [1.807, 2.05) is 32.0 Å². The van der Waals surface area contributed by atoms with Crippen LogP contribution in [0.5, 0.6) is 0 Å². The molecule has 4 N–H and O–H groups in total. The summed E-state index contributed by atoms with van der Waals surface area (Å²) in [6.07, 6.45) is 0.438. The molecule has 0 saturated carbocycles. The summed E-state index contributed by atoms with van der Waals surface area (Å²) in [5.41, 5.74) is 8.55. The van der Waals surface area contributed by atoms with Gasteiger partial charge in [0.15, 0.2) is 0 Å². The van der Waals surface area contributed by atoms with Crippen molar-refractivity contribution < 1.29 is 5.11 Å². The van der Waals surface area contributed by atoms with Crippen LogP contribution in [0.3, 0.4) is 0 Å². The maximum absolute atomic E-state index is 9.38. The quantitative estimate of drug-likeness (QED) is 0.640. The van der Waals surface area contributed by atoms with Gasteiger partial charge < -0.3 is 16.2 Å². The SMILES string of the molecule is CCC(O)CNc1cc(C)ccc1N. The molecule has 1 unspecified atom stereocenters. The molecule has 0 radical (unpaired) electrons.